The van der Waals surface area contributed by atoms with Crippen molar-refractivity contribution in [2.75, 3.05) is 44.3 Å². The van der Waals surface area contributed by atoms with E-state index in [1.54, 1.807) is 12.4 Å². The van der Waals surface area contributed by atoms with Crippen LogP contribution in [0.15, 0.2) is 42.7 Å². The molecule has 6 heteroatoms. The molecule has 142 valence electrons. The summed E-state index contributed by atoms with van der Waals surface area (Å²) < 4.78 is 5.93. The van der Waals surface area contributed by atoms with Gasteiger partial charge in [0.2, 0.25) is 5.95 Å². The topological polar surface area (TPSA) is 58.6 Å². The molecule has 1 aromatic carbocycles. The smallest absolute Gasteiger partial charge is 0.253 e. The summed E-state index contributed by atoms with van der Waals surface area (Å²) in [5.41, 5.74) is 1.95. The maximum atomic E-state index is 12.8. The number of carbonyl (C=O) groups is 1. The first-order chi connectivity index (χ1) is 13.2. The van der Waals surface area contributed by atoms with Gasteiger partial charge in [-0.15, -0.1) is 0 Å². The van der Waals surface area contributed by atoms with Gasteiger partial charge in [-0.1, -0.05) is 17.7 Å². The summed E-state index contributed by atoms with van der Waals surface area (Å²) in [6.07, 6.45) is 5.44. The molecule has 0 N–H and O–H groups in total. The monoisotopic (exact) mass is 366 g/mol. The van der Waals surface area contributed by atoms with E-state index in [1.807, 2.05) is 42.2 Å². The van der Waals surface area contributed by atoms with Crippen molar-refractivity contribution >= 4 is 11.9 Å². The average Bonchev–Trinajstić information content (AvgIpc) is 2.91. The van der Waals surface area contributed by atoms with Gasteiger partial charge in [-0.3, -0.25) is 4.79 Å². The average molecular weight is 366 g/mol. The lowest BCUT2D eigenvalue weighted by Gasteiger charge is -2.42. The molecule has 4 rings (SSSR count). The van der Waals surface area contributed by atoms with Crippen LogP contribution in [0.25, 0.3) is 0 Å². The molecule has 3 heterocycles. The van der Waals surface area contributed by atoms with Crippen LogP contribution in [0.4, 0.5) is 5.95 Å². The van der Waals surface area contributed by atoms with Crippen molar-refractivity contribution in [1.82, 2.24) is 14.9 Å². The Labute approximate surface area is 160 Å². The Bertz CT molecular complexity index is 788. The number of aryl methyl sites for hydroxylation is 1. The standard InChI is InChI=1S/C21H26N4O2/c1-17-4-2-5-18(14-17)19(26)24-10-6-21(7-11-24)15-25(12-13-27-16-21)20-22-8-3-9-23-20/h2-5,8-9,14H,6-7,10-13,15-16H2,1H3. The number of ether oxygens (including phenoxy) is 1. The van der Waals surface area contributed by atoms with E-state index in [9.17, 15) is 4.79 Å². The largest absolute Gasteiger partial charge is 0.379 e. The number of aromatic nitrogens is 2. The van der Waals surface area contributed by atoms with Gasteiger partial charge in [0, 0.05) is 49.6 Å². The molecule has 2 aromatic rings. The highest BCUT2D eigenvalue weighted by Crippen LogP contribution is 2.35. The lowest BCUT2D eigenvalue weighted by atomic mass is 9.78. The van der Waals surface area contributed by atoms with E-state index in [4.69, 9.17) is 4.74 Å². The summed E-state index contributed by atoms with van der Waals surface area (Å²) in [6, 6.07) is 9.68. The Hall–Kier alpha value is -2.47. The number of likely N-dealkylation sites (tertiary alicyclic amines) is 1. The number of amides is 1. The summed E-state index contributed by atoms with van der Waals surface area (Å²) in [5, 5.41) is 0. The zero-order valence-corrected chi connectivity index (χ0v) is 15.8. The number of rotatable bonds is 2. The number of hydrogen-bond acceptors (Lipinski definition) is 5. The molecule has 1 aromatic heterocycles. The van der Waals surface area contributed by atoms with Gasteiger partial charge in [0.25, 0.3) is 5.91 Å². The highest BCUT2D eigenvalue weighted by atomic mass is 16.5. The highest BCUT2D eigenvalue weighted by molar-refractivity contribution is 5.94. The molecular weight excluding hydrogens is 340 g/mol. The number of benzene rings is 1. The second-order valence-corrected chi connectivity index (χ2v) is 7.68. The number of hydrogen-bond donors (Lipinski definition) is 0. The first-order valence-electron chi connectivity index (χ1n) is 9.61. The molecule has 27 heavy (non-hydrogen) atoms. The second-order valence-electron chi connectivity index (χ2n) is 7.68. The first-order valence-corrected chi connectivity index (χ1v) is 9.61. The third kappa shape index (κ3) is 3.95. The molecule has 1 spiro atoms. The van der Waals surface area contributed by atoms with Crippen LogP contribution in [0.1, 0.15) is 28.8 Å². The minimum absolute atomic E-state index is 0.0546. The molecule has 2 fully saturated rings. The molecule has 2 aliphatic rings. The summed E-state index contributed by atoms with van der Waals surface area (Å²) in [7, 11) is 0. The normalized spacial score (nSPS) is 19.7. The molecule has 0 atom stereocenters. The minimum atomic E-state index is 0.0546. The van der Waals surface area contributed by atoms with Gasteiger partial charge in [-0.25, -0.2) is 9.97 Å². The molecular formula is C21H26N4O2. The maximum absolute atomic E-state index is 12.8. The highest BCUT2D eigenvalue weighted by Gasteiger charge is 2.39. The predicted octanol–water partition coefficient (Wildman–Crippen LogP) is 2.54. The Morgan fingerprint density at radius 3 is 2.63 bits per heavy atom. The van der Waals surface area contributed by atoms with Gasteiger partial charge in [-0.2, -0.15) is 0 Å². The number of piperidine rings is 1. The van der Waals surface area contributed by atoms with Crippen LogP contribution in [0.5, 0.6) is 0 Å². The van der Waals surface area contributed by atoms with Gasteiger partial charge in [0.1, 0.15) is 0 Å². The van der Waals surface area contributed by atoms with Crippen molar-refractivity contribution < 1.29 is 9.53 Å². The second kappa shape index (κ2) is 7.64. The van der Waals surface area contributed by atoms with Crippen LogP contribution in [-0.2, 0) is 4.74 Å². The minimum Gasteiger partial charge on any atom is -0.379 e. The van der Waals surface area contributed by atoms with Gasteiger partial charge >= 0.3 is 0 Å². The van der Waals surface area contributed by atoms with Gasteiger partial charge in [0.15, 0.2) is 0 Å². The quantitative estimate of drug-likeness (QED) is 0.817. The van der Waals surface area contributed by atoms with Gasteiger partial charge in [-0.05, 0) is 38.0 Å². The van der Waals surface area contributed by atoms with E-state index in [1.165, 1.54) is 0 Å². The van der Waals surface area contributed by atoms with E-state index in [0.29, 0.717) is 6.61 Å². The Morgan fingerprint density at radius 1 is 1.11 bits per heavy atom. The van der Waals surface area contributed by atoms with Crippen molar-refractivity contribution in [2.24, 2.45) is 5.41 Å². The molecule has 6 nitrogen and oxygen atoms in total. The van der Waals surface area contributed by atoms with Crippen molar-refractivity contribution in [3.63, 3.8) is 0 Å². The Balaban J connectivity index is 1.44. The molecule has 2 aliphatic heterocycles. The van der Waals surface area contributed by atoms with Crippen molar-refractivity contribution in [2.45, 2.75) is 19.8 Å². The van der Waals surface area contributed by atoms with Crippen LogP contribution in [0, 0.1) is 12.3 Å². The van der Waals surface area contributed by atoms with E-state index in [0.717, 1.165) is 62.7 Å². The van der Waals surface area contributed by atoms with E-state index < -0.39 is 0 Å². The Kier molecular flexibility index (Phi) is 5.07. The van der Waals surface area contributed by atoms with Crippen LogP contribution >= 0.6 is 0 Å². The summed E-state index contributed by atoms with van der Waals surface area (Å²) in [5.74, 6) is 0.895. The maximum Gasteiger partial charge on any atom is 0.253 e. The first kappa shape index (κ1) is 17.9. The van der Waals surface area contributed by atoms with Gasteiger partial charge in [0.05, 0.1) is 13.2 Å². The molecule has 1 amide bonds. The van der Waals surface area contributed by atoms with Crippen molar-refractivity contribution in [3.05, 3.63) is 53.9 Å². The fourth-order valence-corrected chi connectivity index (χ4v) is 4.07. The predicted molar refractivity (Wildman–Crippen MR) is 104 cm³/mol. The lowest BCUT2D eigenvalue weighted by Crippen LogP contribution is -2.49. The molecule has 2 saturated heterocycles. The summed E-state index contributed by atoms with van der Waals surface area (Å²) in [4.78, 5) is 25.9. The number of carbonyl (C=O) groups excluding carboxylic acids is 1. The zero-order valence-electron chi connectivity index (χ0n) is 15.8. The van der Waals surface area contributed by atoms with Crippen LogP contribution in [0.2, 0.25) is 0 Å². The molecule has 0 unspecified atom stereocenters. The fourth-order valence-electron chi connectivity index (χ4n) is 4.07. The SMILES string of the molecule is Cc1cccc(C(=O)N2CCC3(CC2)COCCN(c2ncccn2)C3)c1. The van der Waals surface area contributed by atoms with E-state index in [-0.39, 0.29) is 11.3 Å². The third-order valence-corrected chi connectivity index (χ3v) is 5.65. The van der Waals surface area contributed by atoms with Crippen LogP contribution < -0.4 is 4.90 Å². The summed E-state index contributed by atoms with van der Waals surface area (Å²) >= 11 is 0. The molecule has 0 radical (unpaired) electrons. The number of nitrogens with zero attached hydrogens (tertiary/aromatic N) is 4. The molecule has 0 aliphatic carbocycles. The van der Waals surface area contributed by atoms with E-state index >= 15 is 0 Å². The lowest BCUT2D eigenvalue weighted by molar-refractivity contribution is 0.0207. The zero-order chi connectivity index (χ0) is 18.7. The van der Waals surface area contributed by atoms with Crippen LogP contribution in [-0.4, -0.2) is 60.2 Å². The van der Waals surface area contributed by atoms with Crippen LogP contribution in [0.3, 0.4) is 0 Å². The van der Waals surface area contributed by atoms with Crippen molar-refractivity contribution in [3.8, 4) is 0 Å². The Morgan fingerprint density at radius 2 is 1.89 bits per heavy atom. The van der Waals surface area contributed by atoms with Crippen molar-refractivity contribution in [1.29, 1.82) is 0 Å². The molecule has 0 bridgehead atoms. The number of anilines is 1. The summed E-state index contributed by atoms with van der Waals surface area (Å²) in [6.45, 7) is 6.65. The van der Waals surface area contributed by atoms with Gasteiger partial charge < -0.3 is 14.5 Å². The third-order valence-electron chi connectivity index (χ3n) is 5.65. The fraction of sp³-hybridized carbons (Fsp3) is 0.476. The molecule has 0 saturated carbocycles. The van der Waals surface area contributed by atoms with E-state index in [2.05, 4.69) is 14.9 Å².